The van der Waals surface area contributed by atoms with Crippen LogP contribution in [0.5, 0.6) is 0 Å². The van der Waals surface area contributed by atoms with Crippen LogP contribution in [0.2, 0.25) is 5.02 Å². The van der Waals surface area contributed by atoms with Crippen LogP contribution in [0.15, 0.2) is 6.20 Å². The van der Waals surface area contributed by atoms with Crippen molar-refractivity contribution < 1.29 is 9.53 Å². The molecular formula is C13H18ClN3O2. The average Bonchev–Trinajstić information content (AvgIpc) is 3.02. The summed E-state index contributed by atoms with van der Waals surface area (Å²) in [6.45, 7) is 4.97. The molecule has 3 rings (SSSR count). The van der Waals surface area contributed by atoms with Gasteiger partial charge in [0.15, 0.2) is 0 Å². The maximum atomic E-state index is 12.6. The van der Waals surface area contributed by atoms with Gasteiger partial charge in [-0.2, -0.15) is 5.10 Å². The predicted molar refractivity (Wildman–Crippen MR) is 71.6 cm³/mol. The zero-order chi connectivity index (χ0) is 13.4. The molecule has 104 valence electrons. The van der Waals surface area contributed by atoms with Crippen molar-refractivity contribution in [1.29, 1.82) is 0 Å². The van der Waals surface area contributed by atoms with E-state index in [4.69, 9.17) is 16.3 Å². The standard InChI is InChI=1S/C13H18ClN3O2/c1-2-17-12(10(14)6-15-17)13(18)11-7-16-5-3-4-9(16)8-19-11/h6,9,11H,2-5,7-8H2,1H3. The van der Waals surface area contributed by atoms with Crippen LogP contribution < -0.4 is 0 Å². The molecule has 0 aliphatic carbocycles. The molecule has 0 aromatic carbocycles. The lowest BCUT2D eigenvalue weighted by Crippen LogP contribution is -2.49. The Kier molecular flexibility index (Phi) is 3.60. The molecule has 19 heavy (non-hydrogen) atoms. The summed E-state index contributed by atoms with van der Waals surface area (Å²) >= 11 is 6.08. The summed E-state index contributed by atoms with van der Waals surface area (Å²) in [5.74, 6) is -0.0466. The number of morpholine rings is 1. The fourth-order valence-corrected chi connectivity index (χ4v) is 3.21. The molecule has 6 heteroatoms. The maximum absolute atomic E-state index is 12.6. The third-order valence-corrected chi connectivity index (χ3v) is 4.29. The summed E-state index contributed by atoms with van der Waals surface area (Å²) in [6.07, 6.45) is 3.49. The van der Waals surface area contributed by atoms with Gasteiger partial charge in [0.1, 0.15) is 11.8 Å². The van der Waals surface area contributed by atoms with Gasteiger partial charge in [0.2, 0.25) is 5.78 Å². The van der Waals surface area contributed by atoms with Gasteiger partial charge in [-0.25, -0.2) is 0 Å². The molecule has 1 aromatic heterocycles. The third kappa shape index (κ3) is 2.30. The van der Waals surface area contributed by atoms with Crippen molar-refractivity contribution in [2.24, 2.45) is 0 Å². The molecule has 5 nitrogen and oxygen atoms in total. The van der Waals surface area contributed by atoms with Crippen LogP contribution in [0.1, 0.15) is 30.3 Å². The first-order valence-corrected chi connectivity index (χ1v) is 7.19. The third-order valence-electron chi connectivity index (χ3n) is 4.01. The number of rotatable bonds is 3. The minimum absolute atomic E-state index is 0.0466. The van der Waals surface area contributed by atoms with Crippen molar-refractivity contribution in [3.63, 3.8) is 0 Å². The largest absolute Gasteiger partial charge is 0.367 e. The second kappa shape index (κ2) is 5.23. The smallest absolute Gasteiger partial charge is 0.212 e. The topological polar surface area (TPSA) is 47.4 Å². The van der Waals surface area contributed by atoms with Gasteiger partial charge in [-0.15, -0.1) is 0 Å². The van der Waals surface area contributed by atoms with E-state index in [2.05, 4.69) is 10.00 Å². The first-order valence-electron chi connectivity index (χ1n) is 6.82. The number of ether oxygens (including phenoxy) is 1. The van der Waals surface area contributed by atoms with Crippen molar-refractivity contribution >= 4 is 17.4 Å². The highest BCUT2D eigenvalue weighted by Gasteiger charge is 2.37. The van der Waals surface area contributed by atoms with E-state index < -0.39 is 6.10 Å². The number of fused-ring (bicyclic) bond motifs is 1. The molecule has 0 amide bonds. The fraction of sp³-hybridized carbons (Fsp3) is 0.692. The SMILES string of the molecule is CCn1ncc(Cl)c1C(=O)C1CN2CCCC2CO1. The van der Waals surface area contributed by atoms with E-state index in [9.17, 15) is 4.79 Å². The number of Topliss-reactive ketones (excluding diaryl/α,β-unsaturated/α-hetero) is 1. The van der Waals surface area contributed by atoms with Crippen LogP contribution in [0, 0.1) is 0 Å². The number of carbonyl (C=O) groups excluding carboxylic acids is 1. The molecule has 2 atom stereocenters. The van der Waals surface area contributed by atoms with Crippen molar-refractivity contribution in [1.82, 2.24) is 14.7 Å². The summed E-state index contributed by atoms with van der Waals surface area (Å²) in [5, 5.41) is 4.53. The number of ketones is 1. The molecule has 0 N–H and O–H groups in total. The Morgan fingerprint density at radius 2 is 2.47 bits per heavy atom. The van der Waals surface area contributed by atoms with E-state index in [-0.39, 0.29) is 5.78 Å². The van der Waals surface area contributed by atoms with Gasteiger partial charge in [0.25, 0.3) is 0 Å². The van der Waals surface area contributed by atoms with Crippen LogP contribution in [-0.4, -0.2) is 52.3 Å². The summed E-state index contributed by atoms with van der Waals surface area (Å²) < 4.78 is 7.38. The van der Waals surface area contributed by atoms with E-state index >= 15 is 0 Å². The molecule has 0 bridgehead atoms. The van der Waals surface area contributed by atoms with Gasteiger partial charge >= 0.3 is 0 Å². The Morgan fingerprint density at radius 3 is 3.26 bits per heavy atom. The molecule has 2 aliphatic heterocycles. The summed E-state index contributed by atoms with van der Waals surface area (Å²) in [4.78, 5) is 14.9. The molecule has 2 unspecified atom stereocenters. The number of aromatic nitrogens is 2. The van der Waals surface area contributed by atoms with E-state index in [1.807, 2.05) is 6.92 Å². The zero-order valence-electron chi connectivity index (χ0n) is 11.0. The number of carbonyl (C=O) groups is 1. The minimum Gasteiger partial charge on any atom is -0.367 e. The Hall–Kier alpha value is -0.910. The number of halogens is 1. The van der Waals surface area contributed by atoms with Crippen molar-refractivity contribution in [3.8, 4) is 0 Å². The summed E-state index contributed by atoms with van der Waals surface area (Å²) in [6, 6.07) is 0.496. The maximum Gasteiger partial charge on any atom is 0.212 e. The Balaban J connectivity index is 1.78. The quantitative estimate of drug-likeness (QED) is 0.791. The molecule has 3 heterocycles. The summed E-state index contributed by atoms with van der Waals surface area (Å²) in [7, 11) is 0. The Labute approximate surface area is 117 Å². The highest BCUT2D eigenvalue weighted by Crippen LogP contribution is 2.25. The highest BCUT2D eigenvalue weighted by molar-refractivity contribution is 6.33. The zero-order valence-corrected chi connectivity index (χ0v) is 11.8. The monoisotopic (exact) mass is 283 g/mol. The van der Waals surface area contributed by atoms with Gasteiger partial charge in [0.05, 0.1) is 17.8 Å². The van der Waals surface area contributed by atoms with E-state index in [0.717, 1.165) is 6.54 Å². The molecule has 2 aliphatic rings. The lowest BCUT2D eigenvalue weighted by Gasteiger charge is -2.34. The van der Waals surface area contributed by atoms with Gasteiger partial charge in [-0.05, 0) is 26.3 Å². The molecular weight excluding hydrogens is 266 g/mol. The molecule has 2 saturated heterocycles. The van der Waals surface area contributed by atoms with Crippen LogP contribution in [0.25, 0.3) is 0 Å². The lowest BCUT2D eigenvalue weighted by molar-refractivity contribution is -0.0348. The fourth-order valence-electron chi connectivity index (χ4n) is 2.98. The number of aryl methyl sites for hydroxylation is 1. The number of hydrogen-bond acceptors (Lipinski definition) is 4. The molecule has 1 aromatic rings. The van der Waals surface area contributed by atoms with Gasteiger partial charge in [0, 0.05) is 19.1 Å². The van der Waals surface area contributed by atoms with E-state index in [1.165, 1.54) is 19.0 Å². The minimum atomic E-state index is -0.408. The first kappa shape index (κ1) is 13.1. The normalized spacial score (nSPS) is 27.5. The van der Waals surface area contributed by atoms with Crippen molar-refractivity contribution in [2.75, 3.05) is 19.7 Å². The van der Waals surface area contributed by atoms with Crippen LogP contribution in [0.4, 0.5) is 0 Å². The summed E-state index contributed by atoms with van der Waals surface area (Å²) in [5.41, 5.74) is 0.479. The molecule has 0 spiro atoms. The van der Waals surface area contributed by atoms with Crippen LogP contribution >= 0.6 is 11.6 Å². The average molecular weight is 284 g/mol. The lowest BCUT2D eigenvalue weighted by atomic mass is 10.1. The number of nitrogens with zero attached hydrogens (tertiary/aromatic N) is 3. The predicted octanol–water partition coefficient (Wildman–Crippen LogP) is 1.60. The van der Waals surface area contributed by atoms with Crippen LogP contribution in [0.3, 0.4) is 0 Å². The highest BCUT2D eigenvalue weighted by atomic mass is 35.5. The van der Waals surface area contributed by atoms with Crippen LogP contribution in [-0.2, 0) is 11.3 Å². The first-order chi connectivity index (χ1) is 9.20. The second-order valence-corrected chi connectivity index (χ2v) is 5.54. The van der Waals surface area contributed by atoms with E-state index in [1.54, 1.807) is 4.68 Å². The van der Waals surface area contributed by atoms with Crippen molar-refractivity contribution in [2.45, 2.75) is 38.5 Å². The van der Waals surface area contributed by atoms with Gasteiger partial charge < -0.3 is 4.74 Å². The van der Waals surface area contributed by atoms with E-state index in [0.29, 0.717) is 36.5 Å². The number of hydrogen-bond donors (Lipinski definition) is 0. The Morgan fingerprint density at radius 1 is 1.63 bits per heavy atom. The van der Waals surface area contributed by atoms with Crippen molar-refractivity contribution in [3.05, 3.63) is 16.9 Å². The molecule has 0 radical (unpaired) electrons. The molecule has 0 saturated carbocycles. The second-order valence-electron chi connectivity index (χ2n) is 5.13. The molecule has 2 fully saturated rings. The Bertz CT molecular complexity index is 488. The van der Waals surface area contributed by atoms with Gasteiger partial charge in [-0.1, -0.05) is 11.6 Å². The van der Waals surface area contributed by atoms with Gasteiger partial charge in [-0.3, -0.25) is 14.4 Å².